The van der Waals surface area contributed by atoms with Gasteiger partial charge in [0.15, 0.2) is 0 Å². The zero-order valence-electron chi connectivity index (χ0n) is 20.9. The van der Waals surface area contributed by atoms with E-state index in [-0.39, 0.29) is 6.54 Å². The number of rotatable bonds is 19. The van der Waals surface area contributed by atoms with E-state index in [1.165, 1.54) is 109 Å². The molecule has 0 atom stereocenters. The molecule has 0 aliphatic heterocycles. The molecule has 0 spiro atoms. The Morgan fingerprint density at radius 2 is 0.966 bits per heavy atom. The van der Waals surface area contributed by atoms with Gasteiger partial charge < -0.3 is 19.3 Å². The lowest BCUT2D eigenvalue weighted by molar-refractivity contribution is -0.864. The highest BCUT2D eigenvalue weighted by Crippen LogP contribution is 2.13. The molecule has 4 heteroatoms. The highest BCUT2D eigenvalue weighted by molar-refractivity contribution is 5.65. The van der Waals surface area contributed by atoms with Crippen molar-refractivity contribution in [2.75, 3.05) is 48.3 Å². The van der Waals surface area contributed by atoms with Gasteiger partial charge in [-0.3, -0.25) is 0 Å². The maximum absolute atomic E-state index is 9.89. The molecule has 0 saturated heterocycles. The first-order valence-electron chi connectivity index (χ1n) is 12.3. The van der Waals surface area contributed by atoms with Crippen molar-refractivity contribution >= 4 is 5.97 Å². The molecule has 0 aliphatic rings. The SMILES string of the molecule is CCCCCCCCCCCCCCCCCCN(C)C.C[N+](C)(C)CC(=O)[O-]. The number of unbranched alkanes of at least 4 members (excludes halogenated alkanes) is 15. The lowest BCUT2D eigenvalue weighted by Gasteiger charge is -2.23. The van der Waals surface area contributed by atoms with Gasteiger partial charge in [-0.25, -0.2) is 0 Å². The molecule has 4 nitrogen and oxygen atoms in total. The summed E-state index contributed by atoms with van der Waals surface area (Å²) >= 11 is 0. The summed E-state index contributed by atoms with van der Waals surface area (Å²) < 4.78 is 0.419. The van der Waals surface area contributed by atoms with Crippen molar-refractivity contribution in [2.45, 2.75) is 110 Å². The number of aliphatic carboxylic acids is 1. The summed E-state index contributed by atoms with van der Waals surface area (Å²) in [5, 5.41) is 9.89. The van der Waals surface area contributed by atoms with E-state index in [0.717, 1.165) is 0 Å². The zero-order chi connectivity index (χ0) is 22.4. The Kier molecular flexibility index (Phi) is 23.3. The summed E-state index contributed by atoms with van der Waals surface area (Å²) in [5.74, 6) is -1.00. The fraction of sp³-hybridized carbons (Fsp3) is 0.960. The van der Waals surface area contributed by atoms with E-state index in [1.54, 1.807) is 21.1 Å². The average Bonchev–Trinajstić information content (AvgIpc) is 2.59. The minimum atomic E-state index is -1.00. The number of quaternary nitrogens is 1. The Morgan fingerprint density at radius 3 is 1.17 bits per heavy atom. The number of carbonyl (C=O) groups is 1. The van der Waals surface area contributed by atoms with Gasteiger partial charge in [0.1, 0.15) is 6.54 Å². The highest BCUT2D eigenvalue weighted by Gasteiger charge is 2.04. The van der Waals surface area contributed by atoms with Gasteiger partial charge in [0, 0.05) is 0 Å². The molecule has 0 heterocycles. The first kappa shape index (κ1) is 30.6. The van der Waals surface area contributed by atoms with E-state index in [4.69, 9.17) is 0 Å². The van der Waals surface area contributed by atoms with Crippen LogP contribution in [-0.4, -0.2) is 63.7 Å². The molecule has 0 aromatic carbocycles. The molecule has 0 saturated carbocycles. The van der Waals surface area contributed by atoms with Crippen molar-refractivity contribution in [3.8, 4) is 0 Å². The summed E-state index contributed by atoms with van der Waals surface area (Å²) in [6, 6.07) is 0. The second-order valence-electron chi connectivity index (χ2n) is 9.93. The monoisotopic (exact) mass is 414 g/mol. The third kappa shape index (κ3) is 35.2. The van der Waals surface area contributed by atoms with Crippen molar-refractivity contribution in [2.24, 2.45) is 0 Å². The van der Waals surface area contributed by atoms with Gasteiger partial charge in [-0.05, 0) is 27.1 Å². The Morgan fingerprint density at radius 1 is 0.655 bits per heavy atom. The summed E-state index contributed by atoms with van der Waals surface area (Å²) in [6.07, 6.45) is 23.3. The summed E-state index contributed by atoms with van der Waals surface area (Å²) in [6.45, 7) is 3.63. The smallest absolute Gasteiger partial charge is 0.118 e. The van der Waals surface area contributed by atoms with Crippen LogP contribution in [0, 0.1) is 0 Å². The third-order valence-electron chi connectivity index (χ3n) is 5.06. The lowest BCUT2D eigenvalue weighted by atomic mass is 10.0. The van der Waals surface area contributed by atoms with Crippen LogP contribution in [-0.2, 0) is 4.79 Å². The second-order valence-corrected chi connectivity index (χ2v) is 9.93. The fourth-order valence-electron chi connectivity index (χ4n) is 3.36. The number of nitrogens with zero attached hydrogens (tertiary/aromatic N) is 2. The van der Waals surface area contributed by atoms with Crippen LogP contribution >= 0.6 is 0 Å². The second kappa shape index (κ2) is 22.1. The van der Waals surface area contributed by atoms with Crippen LogP contribution in [0.4, 0.5) is 0 Å². The predicted octanol–water partition coefficient (Wildman–Crippen LogP) is 5.25. The minimum absolute atomic E-state index is 0.0694. The topological polar surface area (TPSA) is 43.4 Å². The van der Waals surface area contributed by atoms with E-state index < -0.39 is 5.97 Å². The first-order valence-corrected chi connectivity index (χ1v) is 12.3. The van der Waals surface area contributed by atoms with E-state index in [0.29, 0.717) is 4.48 Å². The van der Waals surface area contributed by atoms with Gasteiger partial charge in [-0.15, -0.1) is 0 Å². The normalized spacial score (nSPS) is 11.4. The number of carboxylic acids is 1. The highest BCUT2D eigenvalue weighted by atomic mass is 16.4. The maximum Gasteiger partial charge on any atom is 0.118 e. The molecule has 0 aliphatic carbocycles. The molecule has 0 N–H and O–H groups in total. The fourth-order valence-corrected chi connectivity index (χ4v) is 3.36. The zero-order valence-corrected chi connectivity index (χ0v) is 20.9. The van der Waals surface area contributed by atoms with Crippen molar-refractivity contribution in [3.63, 3.8) is 0 Å². The van der Waals surface area contributed by atoms with Gasteiger partial charge in [0.05, 0.1) is 27.1 Å². The molecule has 0 radical (unpaired) electrons. The van der Waals surface area contributed by atoms with Gasteiger partial charge in [-0.1, -0.05) is 103 Å². The van der Waals surface area contributed by atoms with Crippen molar-refractivity contribution < 1.29 is 14.4 Å². The molecule has 0 aromatic heterocycles. The molecule has 0 fully saturated rings. The molecule has 0 unspecified atom stereocenters. The largest absolute Gasteiger partial charge is 0.544 e. The van der Waals surface area contributed by atoms with Gasteiger partial charge >= 0.3 is 0 Å². The van der Waals surface area contributed by atoms with Crippen molar-refractivity contribution in [1.82, 2.24) is 4.90 Å². The number of hydrogen-bond donors (Lipinski definition) is 0. The Hall–Kier alpha value is -0.610. The molecule has 0 aromatic rings. The standard InChI is InChI=1S/C20H43N.C5H11NO2/c1-4-5-6-7-8-9-10-11-12-13-14-15-16-17-18-19-20-21(2)3;1-6(2,3)4-5(7)8/h4-20H2,1-3H3;4H2,1-3H3. The van der Waals surface area contributed by atoms with Gasteiger partial charge in [-0.2, -0.15) is 0 Å². The van der Waals surface area contributed by atoms with Crippen LogP contribution in [0.25, 0.3) is 0 Å². The lowest BCUT2D eigenvalue weighted by Crippen LogP contribution is -2.45. The predicted molar refractivity (Wildman–Crippen MR) is 126 cm³/mol. The van der Waals surface area contributed by atoms with Crippen LogP contribution in [0.3, 0.4) is 0 Å². The number of likely N-dealkylation sites (N-methyl/N-ethyl adjacent to an activating group) is 1. The van der Waals surface area contributed by atoms with E-state index in [2.05, 4.69) is 25.9 Å². The minimum Gasteiger partial charge on any atom is -0.544 e. The third-order valence-corrected chi connectivity index (χ3v) is 5.06. The van der Waals surface area contributed by atoms with Gasteiger partial charge in [0.2, 0.25) is 0 Å². The summed E-state index contributed by atoms with van der Waals surface area (Å²) in [4.78, 5) is 12.2. The molecule has 0 rings (SSSR count). The Labute approximate surface area is 183 Å². The van der Waals surface area contributed by atoms with E-state index in [9.17, 15) is 9.90 Å². The van der Waals surface area contributed by atoms with E-state index in [1.807, 2.05) is 0 Å². The van der Waals surface area contributed by atoms with Gasteiger partial charge in [0.25, 0.3) is 0 Å². The molecule has 29 heavy (non-hydrogen) atoms. The molecule has 0 bridgehead atoms. The van der Waals surface area contributed by atoms with Crippen LogP contribution in [0.2, 0.25) is 0 Å². The van der Waals surface area contributed by atoms with Crippen LogP contribution in [0.1, 0.15) is 110 Å². The molecule has 176 valence electrons. The van der Waals surface area contributed by atoms with Crippen LogP contribution in [0.15, 0.2) is 0 Å². The number of carbonyl (C=O) groups excluding carboxylic acids is 1. The summed E-state index contributed by atoms with van der Waals surface area (Å²) in [7, 11) is 9.75. The van der Waals surface area contributed by atoms with Crippen molar-refractivity contribution in [3.05, 3.63) is 0 Å². The molecular formula is C25H54N2O2. The molecular weight excluding hydrogens is 360 g/mol. The average molecular weight is 415 g/mol. The van der Waals surface area contributed by atoms with E-state index >= 15 is 0 Å². The Balaban J connectivity index is 0. The number of hydrogen-bond acceptors (Lipinski definition) is 3. The van der Waals surface area contributed by atoms with Crippen LogP contribution in [0.5, 0.6) is 0 Å². The summed E-state index contributed by atoms with van der Waals surface area (Å²) in [5.41, 5.74) is 0. The number of carboxylic acid groups (broad SMARTS) is 1. The Bertz CT molecular complexity index is 338. The quantitative estimate of drug-likeness (QED) is 0.214. The maximum atomic E-state index is 9.89. The first-order chi connectivity index (χ1) is 13.7. The van der Waals surface area contributed by atoms with Crippen molar-refractivity contribution in [1.29, 1.82) is 0 Å². The molecule has 0 amide bonds. The van der Waals surface area contributed by atoms with Crippen LogP contribution < -0.4 is 5.11 Å².